The number of carbonyl (C=O) groups excluding carboxylic acids is 1. The number of unbranched alkanes of at least 4 members (excludes halogenated alkanes) is 1. The molecule has 0 rings (SSSR count). The standard InChI is InChI=1S/C11H18O3/c1-3-4-5-6-7-8-9-11(13)14-10(2)12/h4-5,8-9,11,13H,3,6-7H2,1-2H3/b5-4+,9-8+. The fraction of sp³-hybridized carbons (Fsp3) is 0.545. The molecular weight excluding hydrogens is 180 g/mol. The third kappa shape index (κ3) is 9.00. The number of ether oxygens (including phenoxy) is 1. The fourth-order valence-electron chi connectivity index (χ4n) is 0.899. The Labute approximate surface area is 85.1 Å². The van der Waals surface area contributed by atoms with Gasteiger partial charge in [0.25, 0.3) is 0 Å². The van der Waals surface area contributed by atoms with E-state index in [2.05, 4.69) is 23.8 Å². The minimum Gasteiger partial charge on any atom is -0.432 e. The molecule has 1 unspecified atom stereocenters. The SMILES string of the molecule is CC/C=C/CC/C=C/C(O)OC(C)=O. The van der Waals surface area contributed by atoms with Crippen LogP contribution in [0.15, 0.2) is 24.3 Å². The van der Waals surface area contributed by atoms with Gasteiger partial charge in [-0.15, -0.1) is 0 Å². The number of aliphatic hydroxyl groups is 1. The Morgan fingerprint density at radius 3 is 2.57 bits per heavy atom. The first-order valence-corrected chi connectivity index (χ1v) is 4.83. The van der Waals surface area contributed by atoms with Crippen LogP contribution in [0.2, 0.25) is 0 Å². The van der Waals surface area contributed by atoms with Gasteiger partial charge >= 0.3 is 5.97 Å². The molecule has 14 heavy (non-hydrogen) atoms. The van der Waals surface area contributed by atoms with Gasteiger partial charge in [-0.25, -0.2) is 0 Å². The van der Waals surface area contributed by atoms with Gasteiger partial charge in [0.15, 0.2) is 0 Å². The van der Waals surface area contributed by atoms with E-state index in [-0.39, 0.29) is 0 Å². The van der Waals surface area contributed by atoms with Crippen LogP contribution in [0.5, 0.6) is 0 Å². The lowest BCUT2D eigenvalue weighted by atomic mass is 10.2. The second-order valence-corrected chi connectivity index (χ2v) is 2.89. The number of hydrogen-bond acceptors (Lipinski definition) is 3. The summed E-state index contributed by atoms with van der Waals surface area (Å²) in [5.41, 5.74) is 0. The smallest absolute Gasteiger partial charge is 0.305 e. The van der Waals surface area contributed by atoms with Crippen LogP contribution >= 0.6 is 0 Å². The van der Waals surface area contributed by atoms with E-state index in [1.807, 2.05) is 0 Å². The van der Waals surface area contributed by atoms with E-state index in [1.54, 1.807) is 6.08 Å². The van der Waals surface area contributed by atoms with Gasteiger partial charge in [-0.3, -0.25) is 4.79 Å². The average Bonchev–Trinajstić information content (AvgIpc) is 2.10. The first kappa shape index (κ1) is 12.9. The molecule has 0 amide bonds. The maximum atomic E-state index is 10.4. The molecule has 0 fully saturated rings. The molecule has 0 spiro atoms. The van der Waals surface area contributed by atoms with E-state index >= 15 is 0 Å². The van der Waals surface area contributed by atoms with Gasteiger partial charge in [-0.2, -0.15) is 0 Å². The van der Waals surface area contributed by atoms with Crippen molar-refractivity contribution in [2.75, 3.05) is 0 Å². The summed E-state index contributed by atoms with van der Waals surface area (Å²) >= 11 is 0. The molecule has 3 heteroatoms. The normalized spacial score (nSPS) is 13.6. The Hall–Kier alpha value is -1.09. The van der Waals surface area contributed by atoms with Crippen LogP contribution in [0.1, 0.15) is 33.1 Å². The van der Waals surface area contributed by atoms with Crippen LogP contribution in [-0.4, -0.2) is 17.4 Å². The Kier molecular flexibility index (Phi) is 7.84. The molecule has 0 saturated carbocycles. The second-order valence-electron chi connectivity index (χ2n) is 2.89. The molecule has 0 aliphatic carbocycles. The van der Waals surface area contributed by atoms with Crippen LogP contribution in [0.3, 0.4) is 0 Å². The number of esters is 1. The molecule has 0 saturated heterocycles. The van der Waals surface area contributed by atoms with Crippen molar-refractivity contribution in [3.05, 3.63) is 24.3 Å². The molecule has 0 bridgehead atoms. The van der Waals surface area contributed by atoms with Gasteiger partial charge in [0, 0.05) is 6.92 Å². The summed E-state index contributed by atoms with van der Waals surface area (Å²) in [4.78, 5) is 10.4. The van der Waals surface area contributed by atoms with E-state index in [4.69, 9.17) is 5.11 Å². The van der Waals surface area contributed by atoms with Crippen molar-refractivity contribution in [1.82, 2.24) is 0 Å². The molecule has 0 aliphatic heterocycles. The highest BCUT2D eigenvalue weighted by Crippen LogP contribution is 1.97. The van der Waals surface area contributed by atoms with Crippen molar-refractivity contribution in [2.45, 2.75) is 39.4 Å². The lowest BCUT2D eigenvalue weighted by Crippen LogP contribution is -2.11. The highest BCUT2D eigenvalue weighted by Gasteiger charge is 2.00. The van der Waals surface area contributed by atoms with Crippen molar-refractivity contribution < 1.29 is 14.6 Å². The quantitative estimate of drug-likeness (QED) is 0.308. The molecule has 1 N–H and O–H groups in total. The molecule has 0 aromatic carbocycles. The minimum absolute atomic E-state index is 0.479. The molecule has 0 aliphatic rings. The Balaban J connectivity index is 3.51. The molecule has 0 heterocycles. The van der Waals surface area contributed by atoms with Crippen LogP contribution in [0.25, 0.3) is 0 Å². The van der Waals surface area contributed by atoms with Crippen molar-refractivity contribution in [1.29, 1.82) is 0 Å². The topological polar surface area (TPSA) is 46.5 Å². The van der Waals surface area contributed by atoms with Crippen molar-refractivity contribution in [2.24, 2.45) is 0 Å². The predicted octanol–water partition coefficient (Wildman–Crippen LogP) is 2.17. The van der Waals surface area contributed by atoms with Crippen LogP contribution in [0.4, 0.5) is 0 Å². The van der Waals surface area contributed by atoms with Gasteiger partial charge in [0.1, 0.15) is 0 Å². The molecule has 0 aromatic heterocycles. The zero-order valence-electron chi connectivity index (χ0n) is 8.77. The first-order valence-electron chi connectivity index (χ1n) is 4.83. The van der Waals surface area contributed by atoms with E-state index in [0.717, 1.165) is 19.3 Å². The zero-order valence-corrected chi connectivity index (χ0v) is 8.77. The van der Waals surface area contributed by atoms with Gasteiger partial charge in [-0.05, 0) is 25.3 Å². The van der Waals surface area contributed by atoms with E-state index in [1.165, 1.54) is 13.0 Å². The summed E-state index contributed by atoms with van der Waals surface area (Å²) in [6.45, 7) is 3.35. The van der Waals surface area contributed by atoms with E-state index in [9.17, 15) is 4.79 Å². The molecule has 0 aromatic rings. The maximum absolute atomic E-state index is 10.4. The lowest BCUT2D eigenvalue weighted by molar-refractivity contribution is -0.157. The Bertz CT molecular complexity index is 207. The van der Waals surface area contributed by atoms with Gasteiger partial charge in [0.05, 0.1) is 0 Å². The van der Waals surface area contributed by atoms with Crippen molar-refractivity contribution in [3.8, 4) is 0 Å². The third-order valence-corrected chi connectivity index (χ3v) is 1.49. The zero-order chi connectivity index (χ0) is 10.8. The summed E-state index contributed by atoms with van der Waals surface area (Å²) < 4.78 is 4.49. The summed E-state index contributed by atoms with van der Waals surface area (Å²) in [5, 5.41) is 9.07. The number of hydrogen-bond donors (Lipinski definition) is 1. The van der Waals surface area contributed by atoms with E-state index in [0.29, 0.717) is 0 Å². The summed E-state index contributed by atoms with van der Waals surface area (Å²) in [5.74, 6) is -0.479. The molecule has 0 radical (unpaired) electrons. The summed E-state index contributed by atoms with van der Waals surface area (Å²) in [6, 6.07) is 0. The highest BCUT2D eigenvalue weighted by atomic mass is 16.6. The Morgan fingerprint density at radius 1 is 1.36 bits per heavy atom. The average molecular weight is 198 g/mol. The summed E-state index contributed by atoms with van der Waals surface area (Å²) in [6.07, 6.45) is 9.17. The monoisotopic (exact) mass is 198 g/mol. The maximum Gasteiger partial charge on any atom is 0.305 e. The van der Waals surface area contributed by atoms with Crippen LogP contribution < -0.4 is 0 Å². The number of carbonyl (C=O) groups is 1. The van der Waals surface area contributed by atoms with Crippen LogP contribution in [-0.2, 0) is 9.53 Å². The lowest BCUT2D eigenvalue weighted by Gasteiger charge is -2.03. The molecule has 3 nitrogen and oxygen atoms in total. The molecule has 1 atom stereocenters. The first-order chi connectivity index (χ1) is 6.66. The summed E-state index contributed by atoms with van der Waals surface area (Å²) in [7, 11) is 0. The van der Waals surface area contributed by atoms with Crippen LogP contribution in [0, 0.1) is 0 Å². The third-order valence-electron chi connectivity index (χ3n) is 1.49. The second kappa shape index (κ2) is 8.51. The van der Waals surface area contributed by atoms with E-state index < -0.39 is 12.3 Å². The highest BCUT2D eigenvalue weighted by molar-refractivity contribution is 5.66. The Morgan fingerprint density at radius 2 is 2.00 bits per heavy atom. The number of aliphatic hydroxyl groups excluding tert-OH is 1. The molecule has 80 valence electrons. The van der Waals surface area contributed by atoms with Gasteiger partial charge < -0.3 is 9.84 Å². The van der Waals surface area contributed by atoms with Crippen molar-refractivity contribution in [3.63, 3.8) is 0 Å². The predicted molar refractivity (Wildman–Crippen MR) is 55.6 cm³/mol. The largest absolute Gasteiger partial charge is 0.432 e. The van der Waals surface area contributed by atoms with Crippen molar-refractivity contribution >= 4 is 5.97 Å². The molecular formula is C11H18O3. The van der Waals surface area contributed by atoms with Gasteiger partial charge in [-0.1, -0.05) is 25.2 Å². The van der Waals surface area contributed by atoms with Gasteiger partial charge in [0.2, 0.25) is 6.29 Å². The minimum atomic E-state index is -1.11. The number of rotatable bonds is 6. The number of allylic oxidation sites excluding steroid dienone is 3. The fourth-order valence-corrected chi connectivity index (χ4v) is 0.899.